The van der Waals surface area contributed by atoms with Crippen LogP contribution in [0, 0.1) is 0 Å². The van der Waals surface area contributed by atoms with E-state index in [9.17, 15) is 23.1 Å². The number of nitrogens with zero attached hydrogens (tertiary/aromatic N) is 1. The van der Waals surface area contributed by atoms with E-state index in [0.717, 1.165) is 47.7 Å². The van der Waals surface area contributed by atoms with Gasteiger partial charge in [-0.3, -0.25) is 9.78 Å². The van der Waals surface area contributed by atoms with Gasteiger partial charge in [0, 0.05) is 24.8 Å². The van der Waals surface area contributed by atoms with Crippen molar-refractivity contribution in [3.8, 4) is 22.4 Å². The minimum absolute atomic E-state index is 0.00712. The van der Waals surface area contributed by atoms with Crippen LogP contribution in [-0.4, -0.2) is 34.9 Å². The lowest BCUT2D eigenvalue weighted by Gasteiger charge is -2.21. The Hall–Kier alpha value is -3.19. The summed E-state index contributed by atoms with van der Waals surface area (Å²) in [4.78, 5) is 16.1. The van der Waals surface area contributed by atoms with Gasteiger partial charge in [0.2, 0.25) is 0 Å². The monoisotopic (exact) mass is 611 g/mol. The normalized spacial score (nSPS) is 13.1. The van der Waals surface area contributed by atoms with Gasteiger partial charge in [0.15, 0.2) is 6.10 Å². The smallest absolute Gasteiger partial charge is 0.414 e. The zero-order valence-corrected chi connectivity index (χ0v) is 26.2. The average Bonchev–Trinajstić information content (AvgIpc) is 3.01. The molecule has 3 rings (SSSR count). The first-order valence-corrected chi connectivity index (χ1v) is 16.2. The molecule has 44 heavy (non-hydrogen) atoms. The van der Waals surface area contributed by atoms with E-state index in [0.29, 0.717) is 25.7 Å². The zero-order chi connectivity index (χ0) is 31.8. The second-order valence-corrected chi connectivity index (χ2v) is 11.8. The van der Waals surface area contributed by atoms with Crippen LogP contribution in [0.1, 0.15) is 108 Å². The molecule has 0 amide bonds. The van der Waals surface area contributed by atoms with Gasteiger partial charge in [0.25, 0.3) is 0 Å². The number of aliphatic carboxylic acids is 1. The van der Waals surface area contributed by atoms with E-state index in [4.69, 9.17) is 9.72 Å². The Kier molecular flexibility index (Phi) is 14.9. The Labute approximate surface area is 261 Å². The van der Waals surface area contributed by atoms with Gasteiger partial charge in [-0.15, -0.1) is 0 Å². The topological polar surface area (TPSA) is 59.4 Å². The molecule has 0 bridgehead atoms. The Bertz CT molecular complexity index is 1250. The lowest BCUT2D eigenvalue weighted by atomic mass is 9.86. The van der Waals surface area contributed by atoms with E-state index in [1.165, 1.54) is 44.1 Å². The number of unbranched alkanes of at least 4 members (excludes halogenated alkanes) is 6. The summed E-state index contributed by atoms with van der Waals surface area (Å²) in [6.45, 7) is 3.25. The molecule has 2 unspecified atom stereocenters. The van der Waals surface area contributed by atoms with Crippen LogP contribution in [-0.2, 0) is 16.0 Å². The fourth-order valence-electron chi connectivity index (χ4n) is 5.58. The van der Waals surface area contributed by atoms with Crippen molar-refractivity contribution < 1.29 is 27.8 Å². The second kappa shape index (κ2) is 18.6. The van der Waals surface area contributed by atoms with Gasteiger partial charge < -0.3 is 9.84 Å². The van der Waals surface area contributed by atoms with Crippen molar-refractivity contribution in [1.29, 1.82) is 0 Å². The van der Waals surface area contributed by atoms with Crippen LogP contribution in [0.5, 0.6) is 0 Å². The fourth-order valence-corrected chi connectivity index (χ4v) is 5.58. The highest BCUT2D eigenvalue weighted by atomic mass is 19.4. The molecule has 0 aliphatic rings. The molecule has 1 heterocycles. The fraction of sp³-hybridized carbons (Fsp3) is 0.514. The van der Waals surface area contributed by atoms with E-state index >= 15 is 0 Å². The number of alkyl halides is 3. The standard InChI is InChI=1S/C37H48F3NO3/c1-3-4-5-6-7-8-10-15-29-21-24-35(41-27-29)34-26-32(22-23-33(34)31-16-11-9-12-17-31)30(18-13-20-36(42)43)19-14-25-44-28(2)37(38,39)40/h9,11-12,16-17,21-24,26-28,30H,3-8,10,13-15,18-20,25H2,1-2H3,(H,42,43). The molecule has 0 aliphatic carbocycles. The number of benzene rings is 2. The Balaban J connectivity index is 1.79. The first-order chi connectivity index (χ1) is 21.2. The molecule has 0 fully saturated rings. The zero-order valence-electron chi connectivity index (χ0n) is 26.2. The Morgan fingerprint density at radius 1 is 0.864 bits per heavy atom. The van der Waals surface area contributed by atoms with Crippen molar-refractivity contribution in [2.75, 3.05) is 6.61 Å². The molecule has 0 aliphatic heterocycles. The molecule has 0 saturated heterocycles. The molecule has 3 aromatic rings. The highest BCUT2D eigenvalue weighted by Gasteiger charge is 2.36. The van der Waals surface area contributed by atoms with E-state index in [-0.39, 0.29) is 18.9 Å². The summed E-state index contributed by atoms with van der Waals surface area (Å²) in [6, 6.07) is 20.6. The number of hydrogen-bond donors (Lipinski definition) is 1. The van der Waals surface area contributed by atoms with Gasteiger partial charge in [-0.05, 0) is 85.8 Å². The van der Waals surface area contributed by atoms with Gasteiger partial charge in [-0.2, -0.15) is 13.2 Å². The van der Waals surface area contributed by atoms with E-state index in [1.54, 1.807) is 0 Å². The molecule has 2 aromatic carbocycles. The first kappa shape index (κ1) is 35.3. The number of rotatable bonds is 20. The van der Waals surface area contributed by atoms with Crippen LogP contribution in [0.2, 0.25) is 0 Å². The summed E-state index contributed by atoms with van der Waals surface area (Å²) < 4.78 is 43.7. The van der Waals surface area contributed by atoms with Gasteiger partial charge >= 0.3 is 12.1 Å². The lowest BCUT2D eigenvalue weighted by molar-refractivity contribution is -0.214. The second-order valence-electron chi connectivity index (χ2n) is 11.8. The number of aryl methyl sites for hydroxylation is 1. The molecule has 0 spiro atoms. The van der Waals surface area contributed by atoms with Crippen LogP contribution in [0.15, 0.2) is 66.9 Å². The summed E-state index contributed by atoms with van der Waals surface area (Å²) in [7, 11) is 0. The largest absolute Gasteiger partial charge is 0.481 e. The maximum atomic E-state index is 12.9. The van der Waals surface area contributed by atoms with Crippen LogP contribution >= 0.6 is 0 Å². The number of aromatic nitrogens is 1. The number of ether oxygens (including phenoxy) is 1. The van der Waals surface area contributed by atoms with E-state index < -0.39 is 18.2 Å². The van der Waals surface area contributed by atoms with Gasteiger partial charge in [0.05, 0.1) is 5.69 Å². The van der Waals surface area contributed by atoms with Crippen molar-refractivity contribution in [1.82, 2.24) is 4.98 Å². The maximum absolute atomic E-state index is 12.9. The third kappa shape index (κ3) is 12.1. The predicted octanol–water partition coefficient (Wildman–Crippen LogP) is 10.8. The summed E-state index contributed by atoms with van der Waals surface area (Å²) in [6.07, 6.45) is 7.84. The summed E-state index contributed by atoms with van der Waals surface area (Å²) in [5.74, 6) is -0.869. The van der Waals surface area contributed by atoms with Crippen LogP contribution < -0.4 is 0 Å². The van der Waals surface area contributed by atoms with Crippen molar-refractivity contribution in [2.45, 2.75) is 116 Å². The molecular formula is C37H48F3NO3. The summed E-state index contributed by atoms with van der Waals surface area (Å²) >= 11 is 0. The van der Waals surface area contributed by atoms with Crippen LogP contribution in [0.3, 0.4) is 0 Å². The number of carboxylic acids is 1. The van der Waals surface area contributed by atoms with Crippen molar-refractivity contribution in [3.63, 3.8) is 0 Å². The minimum atomic E-state index is -4.39. The molecule has 0 saturated carbocycles. The van der Waals surface area contributed by atoms with Crippen LogP contribution in [0.4, 0.5) is 13.2 Å². The first-order valence-electron chi connectivity index (χ1n) is 16.2. The average molecular weight is 612 g/mol. The van der Waals surface area contributed by atoms with Gasteiger partial charge in [-0.25, -0.2) is 0 Å². The number of halogens is 3. The highest BCUT2D eigenvalue weighted by molar-refractivity contribution is 5.82. The molecular weight excluding hydrogens is 563 g/mol. The Morgan fingerprint density at radius 3 is 2.23 bits per heavy atom. The third-order valence-electron chi connectivity index (χ3n) is 8.24. The van der Waals surface area contributed by atoms with Gasteiger partial charge in [0.1, 0.15) is 0 Å². The number of hydrogen-bond acceptors (Lipinski definition) is 3. The van der Waals surface area contributed by atoms with Crippen molar-refractivity contribution in [3.05, 3.63) is 78.0 Å². The van der Waals surface area contributed by atoms with Gasteiger partial charge in [-0.1, -0.05) is 94.0 Å². The molecule has 2 atom stereocenters. The molecule has 240 valence electrons. The quantitative estimate of drug-likeness (QED) is 0.129. The maximum Gasteiger partial charge on any atom is 0.414 e. The third-order valence-corrected chi connectivity index (χ3v) is 8.24. The predicted molar refractivity (Wildman–Crippen MR) is 172 cm³/mol. The van der Waals surface area contributed by atoms with Crippen molar-refractivity contribution in [2.24, 2.45) is 0 Å². The Morgan fingerprint density at radius 2 is 1.57 bits per heavy atom. The highest BCUT2D eigenvalue weighted by Crippen LogP contribution is 2.36. The minimum Gasteiger partial charge on any atom is -0.481 e. The summed E-state index contributed by atoms with van der Waals surface area (Å²) in [5, 5.41) is 9.20. The van der Waals surface area contributed by atoms with Crippen LogP contribution in [0.25, 0.3) is 22.4 Å². The number of pyridine rings is 1. The van der Waals surface area contributed by atoms with E-state index in [1.807, 2.05) is 24.4 Å². The molecule has 7 heteroatoms. The SMILES string of the molecule is CCCCCCCCCc1ccc(-c2cc(C(CCCOC(C)C(F)(F)F)CCCC(=O)O)ccc2-c2ccccc2)nc1. The summed E-state index contributed by atoms with van der Waals surface area (Å²) in [5.41, 5.74) is 6.22. The lowest BCUT2D eigenvalue weighted by Crippen LogP contribution is -2.28. The molecule has 1 N–H and O–H groups in total. The number of carboxylic acid groups (broad SMARTS) is 1. The molecule has 0 radical (unpaired) electrons. The molecule has 1 aromatic heterocycles. The number of carbonyl (C=O) groups is 1. The van der Waals surface area contributed by atoms with Crippen molar-refractivity contribution >= 4 is 5.97 Å². The molecule has 4 nitrogen and oxygen atoms in total. The van der Waals surface area contributed by atoms with E-state index in [2.05, 4.69) is 49.4 Å².